The molecule has 1 aromatic carbocycles. The van der Waals surface area contributed by atoms with Crippen LogP contribution in [0, 0.1) is 12.8 Å². The molecule has 128 valence electrons. The molecule has 6 heteroatoms. The van der Waals surface area contributed by atoms with Gasteiger partial charge in [-0.25, -0.2) is 4.98 Å². The summed E-state index contributed by atoms with van der Waals surface area (Å²) in [6.07, 6.45) is 0.795. The van der Waals surface area contributed by atoms with Crippen molar-refractivity contribution in [3.63, 3.8) is 0 Å². The third-order valence-electron chi connectivity index (χ3n) is 3.90. The fourth-order valence-electron chi connectivity index (χ4n) is 2.27. The number of hydrogen-bond donors (Lipinski definition) is 2. The number of hydrogen-bond acceptors (Lipinski definition) is 4. The summed E-state index contributed by atoms with van der Waals surface area (Å²) >= 11 is 1.51. The van der Waals surface area contributed by atoms with Gasteiger partial charge < -0.3 is 10.6 Å². The zero-order chi connectivity index (χ0) is 17.5. The van der Waals surface area contributed by atoms with Gasteiger partial charge in [-0.3, -0.25) is 9.59 Å². The Bertz CT molecular complexity index is 685. The van der Waals surface area contributed by atoms with Crippen LogP contribution < -0.4 is 10.6 Å². The van der Waals surface area contributed by atoms with Crippen LogP contribution in [0.5, 0.6) is 0 Å². The van der Waals surface area contributed by atoms with Gasteiger partial charge >= 0.3 is 0 Å². The molecule has 1 aromatic heterocycles. The first-order valence-electron chi connectivity index (χ1n) is 8.06. The molecular weight excluding hydrogens is 322 g/mol. The minimum atomic E-state index is -0.566. The van der Waals surface area contributed by atoms with Crippen LogP contribution >= 0.6 is 11.3 Å². The summed E-state index contributed by atoms with van der Waals surface area (Å²) < 4.78 is 0. The summed E-state index contributed by atoms with van der Waals surface area (Å²) in [7, 11) is 0. The van der Waals surface area contributed by atoms with Crippen molar-refractivity contribution in [2.24, 2.45) is 5.92 Å². The van der Waals surface area contributed by atoms with Crippen molar-refractivity contribution in [2.75, 3.05) is 0 Å². The molecule has 2 N–H and O–H groups in total. The Labute approximate surface area is 146 Å². The molecule has 5 nitrogen and oxygen atoms in total. The molecule has 2 atom stereocenters. The van der Waals surface area contributed by atoms with Gasteiger partial charge in [0.15, 0.2) is 0 Å². The molecule has 24 heavy (non-hydrogen) atoms. The fraction of sp³-hybridized carbons (Fsp3) is 0.389. The monoisotopic (exact) mass is 345 g/mol. The maximum Gasteiger partial charge on any atom is 0.251 e. The number of nitrogens with one attached hydrogen (secondary N) is 2. The smallest absolute Gasteiger partial charge is 0.251 e. The summed E-state index contributed by atoms with van der Waals surface area (Å²) in [6, 6.07) is 8.36. The van der Waals surface area contributed by atoms with Gasteiger partial charge in [0.05, 0.1) is 6.54 Å². The first-order valence-corrected chi connectivity index (χ1v) is 8.93. The van der Waals surface area contributed by atoms with Crippen LogP contribution in [-0.2, 0) is 11.3 Å². The Morgan fingerprint density at radius 3 is 2.54 bits per heavy atom. The van der Waals surface area contributed by atoms with Crippen molar-refractivity contribution in [1.82, 2.24) is 15.6 Å². The molecule has 0 aliphatic carbocycles. The van der Waals surface area contributed by atoms with Gasteiger partial charge in [-0.15, -0.1) is 11.3 Å². The Kier molecular flexibility index (Phi) is 6.49. The van der Waals surface area contributed by atoms with Gasteiger partial charge in [0.25, 0.3) is 5.91 Å². The maximum absolute atomic E-state index is 12.5. The topological polar surface area (TPSA) is 71.1 Å². The number of carbonyl (C=O) groups is 2. The lowest BCUT2D eigenvalue weighted by atomic mass is 9.98. The second kappa shape index (κ2) is 8.59. The lowest BCUT2D eigenvalue weighted by Crippen LogP contribution is -2.50. The molecule has 0 unspecified atom stereocenters. The summed E-state index contributed by atoms with van der Waals surface area (Å²) in [5.41, 5.74) is 1.49. The van der Waals surface area contributed by atoms with Crippen LogP contribution in [-0.4, -0.2) is 22.8 Å². The van der Waals surface area contributed by atoms with Crippen molar-refractivity contribution in [3.05, 3.63) is 52.0 Å². The molecule has 0 saturated carbocycles. The van der Waals surface area contributed by atoms with Gasteiger partial charge in [-0.2, -0.15) is 0 Å². The number of benzene rings is 1. The third kappa shape index (κ3) is 4.89. The third-order valence-corrected chi connectivity index (χ3v) is 4.87. The summed E-state index contributed by atoms with van der Waals surface area (Å²) in [4.78, 5) is 29.2. The fourth-order valence-corrected chi connectivity index (χ4v) is 2.98. The lowest BCUT2D eigenvalue weighted by molar-refractivity contribution is -0.124. The molecule has 0 aliphatic heterocycles. The standard InChI is InChI=1S/C18H23N3O2S/c1-4-12(2)16(21-17(22)14-8-6-5-7-9-14)18(23)19-10-15-20-13(3)11-24-15/h5-9,11-12,16H,4,10H2,1-3H3,(H,19,23)(H,21,22)/t12-,16+/m1/s1. The molecule has 0 aliphatic rings. The zero-order valence-electron chi connectivity index (χ0n) is 14.2. The summed E-state index contributed by atoms with van der Waals surface area (Å²) in [5, 5.41) is 8.54. The summed E-state index contributed by atoms with van der Waals surface area (Å²) in [6.45, 7) is 6.27. The highest BCUT2D eigenvalue weighted by molar-refractivity contribution is 7.09. The largest absolute Gasteiger partial charge is 0.348 e. The van der Waals surface area contributed by atoms with Crippen molar-refractivity contribution in [1.29, 1.82) is 0 Å². The highest BCUT2D eigenvalue weighted by atomic mass is 32.1. The second-order valence-corrected chi connectivity index (χ2v) is 6.75. The number of carbonyl (C=O) groups excluding carboxylic acids is 2. The predicted molar refractivity (Wildman–Crippen MR) is 95.8 cm³/mol. The average Bonchev–Trinajstić information content (AvgIpc) is 3.02. The quantitative estimate of drug-likeness (QED) is 0.810. The Morgan fingerprint density at radius 1 is 1.25 bits per heavy atom. The van der Waals surface area contributed by atoms with Crippen LogP contribution in [0.1, 0.15) is 41.3 Å². The second-order valence-electron chi connectivity index (χ2n) is 5.80. The summed E-state index contributed by atoms with van der Waals surface area (Å²) in [5.74, 6) is -0.377. The minimum Gasteiger partial charge on any atom is -0.348 e. The maximum atomic E-state index is 12.5. The van der Waals surface area contributed by atoms with E-state index in [0.717, 1.165) is 17.1 Å². The molecule has 2 rings (SSSR count). The highest BCUT2D eigenvalue weighted by Gasteiger charge is 2.26. The van der Waals surface area contributed by atoms with Gasteiger partial charge in [-0.05, 0) is 25.0 Å². The van der Waals surface area contributed by atoms with Gasteiger partial charge in [0.1, 0.15) is 11.0 Å². The molecule has 0 bridgehead atoms. The van der Waals surface area contributed by atoms with E-state index < -0.39 is 6.04 Å². The van der Waals surface area contributed by atoms with Crippen molar-refractivity contribution < 1.29 is 9.59 Å². The Hall–Kier alpha value is -2.21. The average molecular weight is 345 g/mol. The lowest BCUT2D eigenvalue weighted by Gasteiger charge is -2.23. The van der Waals surface area contributed by atoms with E-state index in [-0.39, 0.29) is 17.7 Å². The number of rotatable bonds is 7. The molecule has 0 spiro atoms. The Morgan fingerprint density at radius 2 is 1.96 bits per heavy atom. The van der Waals surface area contributed by atoms with E-state index in [9.17, 15) is 9.59 Å². The SMILES string of the molecule is CC[C@@H](C)[C@H](NC(=O)c1ccccc1)C(=O)NCc1nc(C)cs1. The van der Waals surface area contributed by atoms with Crippen molar-refractivity contribution in [2.45, 2.75) is 39.8 Å². The first-order chi connectivity index (χ1) is 11.5. The Balaban J connectivity index is 2.01. The van der Waals surface area contributed by atoms with E-state index in [4.69, 9.17) is 0 Å². The van der Waals surface area contributed by atoms with Crippen LogP contribution in [0.2, 0.25) is 0 Å². The van der Waals surface area contributed by atoms with Gasteiger partial charge in [-0.1, -0.05) is 38.5 Å². The highest BCUT2D eigenvalue weighted by Crippen LogP contribution is 2.11. The molecule has 0 radical (unpaired) electrons. The van der Waals surface area contributed by atoms with E-state index in [0.29, 0.717) is 12.1 Å². The molecule has 0 fully saturated rings. The van der Waals surface area contributed by atoms with E-state index in [2.05, 4.69) is 15.6 Å². The molecular formula is C18H23N3O2S. The van der Waals surface area contributed by atoms with E-state index >= 15 is 0 Å². The van der Waals surface area contributed by atoms with Crippen LogP contribution in [0.4, 0.5) is 0 Å². The minimum absolute atomic E-state index is 0.0377. The molecule has 2 aromatic rings. The van der Waals surface area contributed by atoms with Crippen LogP contribution in [0.3, 0.4) is 0 Å². The van der Waals surface area contributed by atoms with Crippen LogP contribution in [0.15, 0.2) is 35.7 Å². The molecule has 0 saturated heterocycles. The number of aryl methyl sites for hydroxylation is 1. The van der Waals surface area contributed by atoms with Gasteiger partial charge in [0.2, 0.25) is 5.91 Å². The number of thiazole rings is 1. The number of amides is 2. The van der Waals surface area contributed by atoms with Crippen molar-refractivity contribution in [3.8, 4) is 0 Å². The number of aromatic nitrogens is 1. The van der Waals surface area contributed by atoms with Gasteiger partial charge in [0, 0.05) is 16.6 Å². The zero-order valence-corrected chi connectivity index (χ0v) is 15.0. The van der Waals surface area contributed by atoms with Crippen LogP contribution in [0.25, 0.3) is 0 Å². The number of nitrogens with zero attached hydrogens (tertiary/aromatic N) is 1. The molecule has 1 heterocycles. The van der Waals surface area contributed by atoms with Crippen molar-refractivity contribution >= 4 is 23.2 Å². The normalized spacial score (nSPS) is 13.1. The predicted octanol–water partition coefficient (Wildman–Crippen LogP) is 2.91. The van der Waals surface area contributed by atoms with E-state index in [1.165, 1.54) is 11.3 Å². The van der Waals surface area contributed by atoms with E-state index in [1.807, 2.05) is 32.2 Å². The van der Waals surface area contributed by atoms with E-state index in [1.54, 1.807) is 24.3 Å². The first kappa shape index (κ1) is 18.1. The molecule has 2 amide bonds.